The first-order valence-electron chi connectivity index (χ1n) is 10.5. The quantitative estimate of drug-likeness (QED) is 0.581. The molecule has 2 aromatic carbocycles. The predicted octanol–water partition coefficient (Wildman–Crippen LogP) is 4.38. The molecule has 0 spiro atoms. The van der Waals surface area contributed by atoms with E-state index < -0.39 is 0 Å². The second-order valence-corrected chi connectivity index (χ2v) is 7.32. The molecule has 1 N–H and O–H groups in total. The topological polar surface area (TPSA) is 69.3 Å². The minimum absolute atomic E-state index is 0.170. The van der Waals surface area contributed by atoms with Crippen LogP contribution in [0.25, 0.3) is 0 Å². The highest BCUT2D eigenvalue weighted by Crippen LogP contribution is 2.39. The largest absolute Gasteiger partial charge is 0.493 e. The molecular formula is C23H29ClN2O5. The molecule has 1 amide bonds. The molecule has 1 aliphatic heterocycles. The lowest BCUT2D eigenvalue weighted by Gasteiger charge is -2.31. The third-order valence-electron chi connectivity index (χ3n) is 4.70. The smallest absolute Gasteiger partial charge is 0.227 e. The Bertz CT molecular complexity index is 854. The number of carbonyl (C=O) groups is 1. The number of rotatable bonds is 10. The van der Waals surface area contributed by atoms with Crippen LogP contribution in [0.1, 0.15) is 20.3 Å². The van der Waals surface area contributed by atoms with Crippen LogP contribution in [0.4, 0.5) is 11.4 Å². The van der Waals surface area contributed by atoms with Gasteiger partial charge in [0.15, 0.2) is 0 Å². The van der Waals surface area contributed by atoms with Gasteiger partial charge in [0.1, 0.15) is 17.2 Å². The number of morpholine rings is 1. The van der Waals surface area contributed by atoms with Gasteiger partial charge in [-0.2, -0.15) is 0 Å². The number of hydrogen-bond acceptors (Lipinski definition) is 6. The average Bonchev–Trinajstić information content (AvgIpc) is 2.77. The molecule has 1 aliphatic rings. The third kappa shape index (κ3) is 6.67. The Labute approximate surface area is 188 Å². The molecule has 31 heavy (non-hydrogen) atoms. The van der Waals surface area contributed by atoms with Crippen LogP contribution in [0.2, 0.25) is 5.02 Å². The Kier molecular flexibility index (Phi) is 8.67. The molecule has 3 rings (SSSR count). The summed E-state index contributed by atoms with van der Waals surface area (Å²) in [6.45, 7) is 8.00. The lowest BCUT2D eigenvalue weighted by molar-refractivity contribution is -0.116. The van der Waals surface area contributed by atoms with Crippen molar-refractivity contribution in [1.29, 1.82) is 0 Å². The Morgan fingerprint density at radius 3 is 2.39 bits per heavy atom. The maximum atomic E-state index is 12.5. The molecule has 0 aliphatic carbocycles. The highest BCUT2D eigenvalue weighted by molar-refractivity contribution is 6.30. The van der Waals surface area contributed by atoms with E-state index in [1.807, 2.05) is 26.0 Å². The minimum atomic E-state index is -0.170. The summed E-state index contributed by atoms with van der Waals surface area (Å²) < 4.78 is 22.8. The average molecular weight is 449 g/mol. The molecule has 2 aromatic rings. The van der Waals surface area contributed by atoms with E-state index in [-0.39, 0.29) is 18.9 Å². The molecule has 1 saturated heterocycles. The first kappa shape index (κ1) is 23.0. The zero-order chi connectivity index (χ0) is 22.1. The van der Waals surface area contributed by atoms with E-state index in [0.717, 1.165) is 18.8 Å². The van der Waals surface area contributed by atoms with E-state index in [2.05, 4.69) is 10.2 Å². The zero-order valence-corrected chi connectivity index (χ0v) is 18.7. The molecule has 0 atom stereocenters. The van der Waals surface area contributed by atoms with Crippen LogP contribution >= 0.6 is 11.6 Å². The van der Waals surface area contributed by atoms with E-state index in [9.17, 15) is 4.79 Å². The molecule has 1 heterocycles. The van der Waals surface area contributed by atoms with Gasteiger partial charge in [-0.1, -0.05) is 11.6 Å². The van der Waals surface area contributed by atoms with Gasteiger partial charge in [0.05, 0.1) is 50.8 Å². The van der Waals surface area contributed by atoms with Crippen LogP contribution in [-0.2, 0) is 9.53 Å². The molecule has 168 valence electrons. The van der Waals surface area contributed by atoms with E-state index in [0.29, 0.717) is 54.4 Å². The van der Waals surface area contributed by atoms with E-state index >= 15 is 0 Å². The lowest BCUT2D eigenvalue weighted by atomic mass is 10.2. The summed E-state index contributed by atoms with van der Waals surface area (Å²) in [4.78, 5) is 14.7. The second kappa shape index (κ2) is 11.7. The molecule has 0 aromatic heterocycles. The highest BCUT2D eigenvalue weighted by atomic mass is 35.5. The molecular weight excluding hydrogens is 420 g/mol. The van der Waals surface area contributed by atoms with Crippen molar-refractivity contribution in [3.05, 3.63) is 41.4 Å². The number of hydrogen-bond donors (Lipinski definition) is 1. The van der Waals surface area contributed by atoms with Crippen molar-refractivity contribution in [3.63, 3.8) is 0 Å². The SMILES string of the molecule is CCOc1cc(N2CCOCC2)c(OCC)cc1NC(=O)CCOc1ccc(Cl)cc1. The first-order chi connectivity index (χ1) is 15.1. The Morgan fingerprint density at radius 2 is 1.71 bits per heavy atom. The Hall–Kier alpha value is -2.64. The normalized spacial score (nSPS) is 13.6. The van der Waals surface area contributed by atoms with Gasteiger partial charge in [0.25, 0.3) is 0 Å². The molecule has 0 radical (unpaired) electrons. The van der Waals surface area contributed by atoms with Crippen LogP contribution in [0, 0.1) is 0 Å². The van der Waals surface area contributed by atoms with Gasteiger partial charge in [-0.25, -0.2) is 0 Å². The van der Waals surface area contributed by atoms with Crippen molar-refractivity contribution < 1.29 is 23.7 Å². The van der Waals surface area contributed by atoms with E-state index in [4.69, 9.17) is 30.5 Å². The maximum Gasteiger partial charge on any atom is 0.227 e. The maximum absolute atomic E-state index is 12.5. The number of carbonyl (C=O) groups excluding carboxylic acids is 1. The Balaban J connectivity index is 1.69. The third-order valence-corrected chi connectivity index (χ3v) is 4.95. The second-order valence-electron chi connectivity index (χ2n) is 6.88. The van der Waals surface area contributed by atoms with Crippen LogP contribution in [0.5, 0.6) is 17.2 Å². The Morgan fingerprint density at radius 1 is 1.03 bits per heavy atom. The summed E-state index contributed by atoms with van der Waals surface area (Å²) >= 11 is 5.87. The van der Waals surface area contributed by atoms with Crippen LogP contribution in [-0.4, -0.2) is 52.0 Å². The number of halogens is 1. The molecule has 8 heteroatoms. The van der Waals surface area contributed by atoms with Crippen molar-refractivity contribution in [2.75, 3.05) is 56.3 Å². The number of nitrogens with zero attached hydrogens (tertiary/aromatic N) is 1. The van der Waals surface area contributed by atoms with Crippen molar-refractivity contribution in [1.82, 2.24) is 0 Å². The summed E-state index contributed by atoms with van der Waals surface area (Å²) in [6.07, 6.45) is 0.198. The summed E-state index contributed by atoms with van der Waals surface area (Å²) in [5.74, 6) is 1.82. The van der Waals surface area contributed by atoms with Crippen molar-refractivity contribution >= 4 is 28.9 Å². The van der Waals surface area contributed by atoms with Crippen LogP contribution in [0.15, 0.2) is 36.4 Å². The number of nitrogens with one attached hydrogen (secondary N) is 1. The fraction of sp³-hybridized carbons (Fsp3) is 0.435. The molecule has 0 saturated carbocycles. The summed E-state index contributed by atoms with van der Waals surface area (Å²) in [7, 11) is 0. The van der Waals surface area contributed by atoms with Gasteiger partial charge < -0.3 is 29.2 Å². The molecule has 0 unspecified atom stereocenters. The van der Waals surface area contributed by atoms with E-state index in [1.54, 1.807) is 24.3 Å². The number of amides is 1. The van der Waals surface area contributed by atoms with Gasteiger partial charge in [-0.15, -0.1) is 0 Å². The zero-order valence-electron chi connectivity index (χ0n) is 18.0. The highest BCUT2D eigenvalue weighted by Gasteiger charge is 2.20. The predicted molar refractivity (Wildman–Crippen MR) is 122 cm³/mol. The van der Waals surface area contributed by atoms with Crippen LogP contribution < -0.4 is 24.4 Å². The first-order valence-corrected chi connectivity index (χ1v) is 10.9. The van der Waals surface area contributed by atoms with Gasteiger partial charge >= 0.3 is 0 Å². The van der Waals surface area contributed by atoms with Gasteiger partial charge in [0.2, 0.25) is 5.91 Å². The van der Waals surface area contributed by atoms with Gasteiger partial charge in [0, 0.05) is 30.2 Å². The summed E-state index contributed by atoms with van der Waals surface area (Å²) in [5.41, 5.74) is 1.52. The van der Waals surface area contributed by atoms with Crippen LogP contribution in [0.3, 0.4) is 0 Å². The molecule has 0 bridgehead atoms. The minimum Gasteiger partial charge on any atom is -0.493 e. The van der Waals surface area contributed by atoms with Crippen molar-refractivity contribution in [2.24, 2.45) is 0 Å². The fourth-order valence-corrected chi connectivity index (χ4v) is 3.38. The lowest BCUT2D eigenvalue weighted by Crippen LogP contribution is -2.36. The fourth-order valence-electron chi connectivity index (χ4n) is 3.25. The van der Waals surface area contributed by atoms with E-state index in [1.165, 1.54) is 0 Å². The number of benzene rings is 2. The molecule has 1 fully saturated rings. The monoisotopic (exact) mass is 448 g/mol. The van der Waals surface area contributed by atoms with Crippen molar-refractivity contribution in [2.45, 2.75) is 20.3 Å². The summed E-state index contributed by atoms with van der Waals surface area (Å²) in [6, 6.07) is 10.8. The summed E-state index contributed by atoms with van der Waals surface area (Å²) in [5, 5.41) is 3.57. The van der Waals surface area contributed by atoms with Gasteiger partial charge in [-0.3, -0.25) is 4.79 Å². The standard InChI is InChI=1S/C23H29ClN2O5/c1-3-29-21-16-20(26-10-13-28-14-11-26)22(30-4-2)15-19(21)25-23(27)9-12-31-18-7-5-17(24)6-8-18/h5-8,15-16H,3-4,9-14H2,1-2H3,(H,25,27). The molecule has 7 nitrogen and oxygen atoms in total. The number of ether oxygens (including phenoxy) is 4. The van der Waals surface area contributed by atoms with Gasteiger partial charge in [-0.05, 0) is 38.1 Å². The van der Waals surface area contributed by atoms with Crippen molar-refractivity contribution in [3.8, 4) is 17.2 Å². The number of anilines is 2.